The predicted molar refractivity (Wildman–Crippen MR) is 103 cm³/mol. The monoisotopic (exact) mass is 396 g/mol. The maximum atomic E-state index is 12.9. The normalized spacial score (nSPS) is 15.0. The molecule has 2 aromatic rings. The van der Waals surface area contributed by atoms with E-state index in [0.717, 1.165) is 24.3 Å². The van der Waals surface area contributed by atoms with E-state index in [1.807, 2.05) is 13.0 Å². The Labute approximate surface area is 158 Å². The van der Waals surface area contributed by atoms with Crippen molar-refractivity contribution >= 4 is 33.0 Å². The largest absolute Gasteiger partial charge is 0.495 e. The lowest BCUT2D eigenvalue weighted by atomic mass is 10.2. The van der Waals surface area contributed by atoms with Crippen LogP contribution < -0.4 is 14.4 Å². The van der Waals surface area contributed by atoms with Gasteiger partial charge >= 0.3 is 0 Å². The van der Waals surface area contributed by atoms with Crippen molar-refractivity contribution in [1.82, 2.24) is 0 Å². The molecule has 0 aliphatic carbocycles. The summed E-state index contributed by atoms with van der Waals surface area (Å²) in [6, 6.07) is 10.3. The van der Waals surface area contributed by atoms with E-state index in [1.165, 1.54) is 7.11 Å². The molecule has 26 heavy (non-hydrogen) atoms. The van der Waals surface area contributed by atoms with Gasteiger partial charge in [-0.15, -0.1) is 0 Å². The number of halogens is 1. The van der Waals surface area contributed by atoms with Gasteiger partial charge in [-0.25, -0.2) is 8.42 Å². The summed E-state index contributed by atoms with van der Waals surface area (Å²) in [5, 5.41) is 0.331. The molecule has 1 N–H and O–H groups in total. The second-order valence-corrected chi connectivity index (χ2v) is 8.08. The van der Waals surface area contributed by atoms with Gasteiger partial charge in [0.1, 0.15) is 10.6 Å². The molecule has 3 rings (SSSR count). The molecule has 0 atom stereocenters. The standard InChI is InChI=1S/C18H21ClN2O4S/c1-13-3-6-17(24-2)18(11-13)26(22,23)20-16-12-14(4-5-15(16)19)21-7-9-25-10-8-21/h3-6,11-12,20H,7-10H2,1-2H3. The number of methoxy groups -OCH3 is 1. The fourth-order valence-electron chi connectivity index (χ4n) is 2.80. The zero-order chi connectivity index (χ0) is 18.7. The van der Waals surface area contributed by atoms with Gasteiger partial charge in [0.25, 0.3) is 10.0 Å². The van der Waals surface area contributed by atoms with Crippen LogP contribution in [0.1, 0.15) is 5.56 Å². The number of rotatable bonds is 5. The third-order valence-corrected chi connectivity index (χ3v) is 5.90. The van der Waals surface area contributed by atoms with E-state index < -0.39 is 10.0 Å². The predicted octanol–water partition coefficient (Wildman–Crippen LogP) is 3.29. The summed E-state index contributed by atoms with van der Waals surface area (Å²) in [4.78, 5) is 2.21. The van der Waals surface area contributed by atoms with Gasteiger partial charge in [-0.3, -0.25) is 4.72 Å². The van der Waals surface area contributed by atoms with Crippen LogP contribution >= 0.6 is 11.6 Å². The van der Waals surface area contributed by atoms with Gasteiger partial charge in [-0.1, -0.05) is 17.7 Å². The molecule has 0 saturated carbocycles. The smallest absolute Gasteiger partial charge is 0.265 e. The minimum atomic E-state index is -3.85. The topological polar surface area (TPSA) is 67.9 Å². The summed E-state index contributed by atoms with van der Waals surface area (Å²) >= 11 is 6.23. The average Bonchev–Trinajstić information content (AvgIpc) is 2.64. The van der Waals surface area contributed by atoms with Gasteiger partial charge in [0.05, 0.1) is 31.0 Å². The molecule has 0 unspecified atom stereocenters. The van der Waals surface area contributed by atoms with E-state index in [0.29, 0.717) is 23.9 Å². The lowest BCUT2D eigenvalue weighted by Gasteiger charge is -2.29. The van der Waals surface area contributed by atoms with Crippen LogP contribution in [0.25, 0.3) is 0 Å². The first-order valence-electron chi connectivity index (χ1n) is 8.20. The van der Waals surface area contributed by atoms with E-state index in [2.05, 4.69) is 9.62 Å². The summed E-state index contributed by atoms with van der Waals surface area (Å²) in [5.74, 6) is 0.281. The summed E-state index contributed by atoms with van der Waals surface area (Å²) < 4.78 is 38.9. The summed E-state index contributed by atoms with van der Waals surface area (Å²) in [5.41, 5.74) is 2.05. The van der Waals surface area contributed by atoms with Crippen LogP contribution in [-0.2, 0) is 14.8 Å². The second-order valence-electron chi connectivity index (χ2n) is 6.02. The van der Waals surface area contributed by atoms with Gasteiger partial charge in [0, 0.05) is 18.8 Å². The molecule has 140 valence electrons. The molecule has 1 aliphatic rings. The number of morpholine rings is 1. The second kappa shape index (κ2) is 7.73. The van der Waals surface area contributed by atoms with Crippen LogP contribution in [0.3, 0.4) is 0 Å². The molecule has 0 bridgehead atoms. The van der Waals surface area contributed by atoms with E-state index in [1.54, 1.807) is 30.3 Å². The summed E-state index contributed by atoms with van der Waals surface area (Å²) in [7, 11) is -2.41. The van der Waals surface area contributed by atoms with Gasteiger partial charge in [-0.2, -0.15) is 0 Å². The Morgan fingerprint density at radius 3 is 2.58 bits per heavy atom. The fourth-order valence-corrected chi connectivity index (χ4v) is 4.35. The Kier molecular flexibility index (Phi) is 5.60. The molecule has 0 aromatic heterocycles. The highest BCUT2D eigenvalue weighted by molar-refractivity contribution is 7.92. The van der Waals surface area contributed by atoms with Crippen molar-refractivity contribution in [2.24, 2.45) is 0 Å². The van der Waals surface area contributed by atoms with Crippen LogP contribution in [0, 0.1) is 6.92 Å². The average molecular weight is 397 g/mol. The minimum absolute atomic E-state index is 0.0767. The number of sulfonamides is 1. The SMILES string of the molecule is COc1ccc(C)cc1S(=O)(=O)Nc1cc(N2CCOCC2)ccc1Cl. The number of aryl methyl sites for hydroxylation is 1. The highest BCUT2D eigenvalue weighted by Crippen LogP contribution is 2.32. The molecular formula is C18H21ClN2O4S. The molecule has 0 amide bonds. The van der Waals surface area contributed by atoms with Crippen molar-refractivity contribution in [1.29, 1.82) is 0 Å². The first-order valence-corrected chi connectivity index (χ1v) is 10.1. The van der Waals surface area contributed by atoms with Gasteiger partial charge < -0.3 is 14.4 Å². The van der Waals surface area contributed by atoms with Crippen molar-refractivity contribution in [3.63, 3.8) is 0 Å². The number of hydrogen-bond acceptors (Lipinski definition) is 5. The summed E-state index contributed by atoms with van der Waals surface area (Å²) in [6.07, 6.45) is 0. The highest BCUT2D eigenvalue weighted by atomic mass is 35.5. The first-order chi connectivity index (χ1) is 12.4. The van der Waals surface area contributed by atoms with Crippen molar-refractivity contribution in [3.05, 3.63) is 47.0 Å². The third-order valence-electron chi connectivity index (χ3n) is 4.18. The number of benzene rings is 2. The zero-order valence-electron chi connectivity index (χ0n) is 14.7. The number of ether oxygens (including phenoxy) is 2. The molecule has 0 radical (unpaired) electrons. The number of nitrogens with zero attached hydrogens (tertiary/aromatic N) is 1. The fraction of sp³-hybridized carbons (Fsp3) is 0.333. The number of hydrogen-bond donors (Lipinski definition) is 1. The number of nitrogens with one attached hydrogen (secondary N) is 1. The Morgan fingerprint density at radius 1 is 1.15 bits per heavy atom. The van der Waals surface area contributed by atoms with E-state index in [-0.39, 0.29) is 10.6 Å². The van der Waals surface area contributed by atoms with Crippen molar-refractivity contribution in [3.8, 4) is 5.75 Å². The van der Waals surface area contributed by atoms with Gasteiger partial charge in [0.15, 0.2) is 0 Å². The molecule has 1 heterocycles. The lowest BCUT2D eigenvalue weighted by Crippen LogP contribution is -2.36. The zero-order valence-corrected chi connectivity index (χ0v) is 16.2. The Balaban J connectivity index is 1.93. The highest BCUT2D eigenvalue weighted by Gasteiger charge is 2.22. The Morgan fingerprint density at radius 2 is 1.88 bits per heavy atom. The summed E-state index contributed by atoms with van der Waals surface area (Å²) in [6.45, 7) is 4.61. The lowest BCUT2D eigenvalue weighted by molar-refractivity contribution is 0.122. The molecule has 1 saturated heterocycles. The third kappa shape index (κ3) is 4.06. The van der Waals surface area contributed by atoms with Crippen LogP contribution in [-0.4, -0.2) is 41.8 Å². The maximum Gasteiger partial charge on any atom is 0.265 e. The molecule has 6 nitrogen and oxygen atoms in total. The van der Waals surface area contributed by atoms with Crippen molar-refractivity contribution in [2.45, 2.75) is 11.8 Å². The Hall–Kier alpha value is -1.96. The Bertz CT molecular complexity index is 896. The number of anilines is 2. The molecule has 8 heteroatoms. The minimum Gasteiger partial charge on any atom is -0.495 e. The molecular weight excluding hydrogens is 376 g/mol. The molecule has 1 aliphatic heterocycles. The van der Waals surface area contributed by atoms with Crippen LogP contribution in [0.5, 0.6) is 5.75 Å². The van der Waals surface area contributed by atoms with Gasteiger partial charge in [-0.05, 0) is 42.8 Å². The molecule has 0 spiro atoms. The molecule has 1 fully saturated rings. The van der Waals surface area contributed by atoms with Gasteiger partial charge in [0.2, 0.25) is 0 Å². The molecule has 2 aromatic carbocycles. The van der Waals surface area contributed by atoms with E-state index >= 15 is 0 Å². The maximum absolute atomic E-state index is 12.9. The van der Waals surface area contributed by atoms with Crippen LogP contribution in [0.15, 0.2) is 41.3 Å². The van der Waals surface area contributed by atoms with E-state index in [4.69, 9.17) is 21.1 Å². The van der Waals surface area contributed by atoms with Crippen LogP contribution in [0.2, 0.25) is 5.02 Å². The van der Waals surface area contributed by atoms with E-state index in [9.17, 15) is 8.42 Å². The van der Waals surface area contributed by atoms with Crippen LogP contribution in [0.4, 0.5) is 11.4 Å². The van der Waals surface area contributed by atoms with Crippen molar-refractivity contribution in [2.75, 3.05) is 43.0 Å². The van der Waals surface area contributed by atoms with Crippen molar-refractivity contribution < 1.29 is 17.9 Å². The quantitative estimate of drug-likeness (QED) is 0.839. The first kappa shape index (κ1) is 18.8.